The molecule has 0 amide bonds. The highest BCUT2D eigenvalue weighted by Gasteiger charge is 2.22. The first kappa shape index (κ1) is 14.4. The number of hydrogen-bond acceptors (Lipinski definition) is 4. The van der Waals surface area contributed by atoms with E-state index in [1.54, 1.807) is 12.2 Å². The Bertz CT molecular complexity index is 242. The fraction of sp³-hybridized carbons (Fsp3) is 0.500. The summed E-state index contributed by atoms with van der Waals surface area (Å²) in [5.74, 6) is -0.990. The molecule has 0 aromatic carbocycles. The Labute approximate surface area is 95.9 Å². The molecule has 0 saturated carbocycles. The van der Waals surface area contributed by atoms with Gasteiger partial charge in [-0.25, -0.2) is 0 Å². The SMILES string of the molecule is C=C[C@H](CC(=O)OC)[C@@H](C=C)CC(=O)OC. The van der Waals surface area contributed by atoms with Crippen molar-refractivity contribution in [3.05, 3.63) is 25.3 Å². The van der Waals surface area contributed by atoms with E-state index in [2.05, 4.69) is 22.6 Å². The third-order valence-corrected chi connectivity index (χ3v) is 2.42. The fourth-order valence-corrected chi connectivity index (χ4v) is 1.37. The fourth-order valence-electron chi connectivity index (χ4n) is 1.37. The lowest BCUT2D eigenvalue weighted by atomic mass is 9.87. The normalized spacial score (nSPS) is 13.4. The van der Waals surface area contributed by atoms with Gasteiger partial charge < -0.3 is 9.47 Å². The van der Waals surface area contributed by atoms with Crippen LogP contribution in [-0.4, -0.2) is 26.2 Å². The highest BCUT2D eigenvalue weighted by molar-refractivity contribution is 5.71. The summed E-state index contributed by atoms with van der Waals surface area (Å²) in [7, 11) is 2.65. The van der Waals surface area contributed by atoms with Crippen LogP contribution in [0.2, 0.25) is 0 Å². The van der Waals surface area contributed by atoms with E-state index in [9.17, 15) is 9.59 Å². The van der Waals surface area contributed by atoms with Gasteiger partial charge in [-0.15, -0.1) is 13.2 Å². The molecule has 0 fully saturated rings. The van der Waals surface area contributed by atoms with E-state index in [1.807, 2.05) is 0 Å². The second-order valence-electron chi connectivity index (χ2n) is 3.36. The van der Waals surface area contributed by atoms with Crippen LogP contribution in [0.4, 0.5) is 0 Å². The van der Waals surface area contributed by atoms with Gasteiger partial charge in [0, 0.05) is 0 Å². The summed E-state index contributed by atoms with van der Waals surface area (Å²) in [6.07, 6.45) is 3.64. The van der Waals surface area contributed by atoms with Crippen molar-refractivity contribution in [2.75, 3.05) is 14.2 Å². The second-order valence-corrected chi connectivity index (χ2v) is 3.36. The average molecular weight is 226 g/mol. The molecule has 0 radical (unpaired) electrons. The molecule has 0 aliphatic carbocycles. The second kappa shape index (κ2) is 7.68. The number of ether oxygens (including phenoxy) is 2. The van der Waals surface area contributed by atoms with Crippen LogP contribution in [0.1, 0.15) is 12.8 Å². The molecule has 0 aliphatic rings. The molecule has 0 N–H and O–H groups in total. The minimum Gasteiger partial charge on any atom is -0.469 e. The Morgan fingerprint density at radius 1 is 1.00 bits per heavy atom. The van der Waals surface area contributed by atoms with Crippen molar-refractivity contribution in [2.24, 2.45) is 11.8 Å². The number of methoxy groups -OCH3 is 2. The molecule has 0 aliphatic heterocycles. The number of hydrogen-bond donors (Lipinski definition) is 0. The molecule has 0 saturated heterocycles. The van der Waals surface area contributed by atoms with Crippen molar-refractivity contribution >= 4 is 11.9 Å². The third kappa shape index (κ3) is 4.77. The van der Waals surface area contributed by atoms with E-state index in [4.69, 9.17) is 0 Å². The number of esters is 2. The van der Waals surface area contributed by atoms with E-state index in [0.717, 1.165) is 0 Å². The highest BCUT2D eigenvalue weighted by Crippen LogP contribution is 2.22. The van der Waals surface area contributed by atoms with Gasteiger partial charge in [-0.3, -0.25) is 9.59 Å². The molecule has 0 aromatic rings. The largest absolute Gasteiger partial charge is 0.469 e. The molecule has 4 nitrogen and oxygen atoms in total. The first-order valence-corrected chi connectivity index (χ1v) is 4.97. The van der Waals surface area contributed by atoms with Crippen LogP contribution in [0.25, 0.3) is 0 Å². The number of carbonyl (C=O) groups is 2. The summed E-state index contributed by atoms with van der Waals surface area (Å²) in [5, 5.41) is 0. The summed E-state index contributed by atoms with van der Waals surface area (Å²) in [4.78, 5) is 22.3. The minimum atomic E-state index is -0.332. The number of carbonyl (C=O) groups excluding carboxylic acids is 2. The molecule has 4 heteroatoms. The molecule has 0 bridgehead atoms. The average Bonchev–Trinajstić information content (AvgIpc) is 2.32. The van der Waals surface area contributed by atoms with Crippen molar-refractivity contribution in [3.8, 4) is 0 Å². The Balaban J connectivity index is 4.49. The lowest BCUT2D eigenvalue weighted by Crippen LogP contribution is -2.19. The lowest BCUT2D eigenvalue weighted by Gasteiger charge is -2.19. The molecular formula is C12H18O4. The van der Waals surface area contributed by atoms with Crippen LogP contribution in [0.5, 0.6) is 0 Å². The zero-order chi connectivity index (χ0) is 12.6. The predicted molar refractivity (Wildman–Crippen MR) is 60.6 cm³/mol. The van der Waals surface area contributed by atoms with Gasteiger partial charge in [0.25, 0.3) is 0 Å². The van der Waals surface area contributed by atoms with Crippen LogP contribution < -0.4 is 0 Å². The maximum Gasteiger partial charge on any atom is 0.306 e. The Morgan fingerprint density at radius 3 is 1.50 bits per heavy atom. The van der Waals surface area contributed by atoms with Crippen LogP contribution >= 0.6 is 0 Å². The van der Waals surface area contributed by atoms with Crippen LogP contribution in [0.3, 0.4) is 0 Å². The first-order valence-electron chi connectivity index (χ1n) is 4.97. The van der Waals surface area contributed by atoms with E-state index >= 15 is 0 Å². The quantitative estimate of drug-likeness (QED) is 0.490. The number of rotatable bonds is 7. The maximum absolute atomic E-state index is 11.1. The summed E-state index contributed by atoms with van der Waals surface area (Å²) in [5.41, 5.74) is 0. The molecule has 16 heavy (non-hydrogen) atoms. The van der Waals surface area contributed by atoms with Crippen molar-refractivity contribution in [1.29, 1.82) is 0 Å². The summed E-state index contributed by atoms with van der Waals surface area (Å²) in [6.45, 7) is 7.29. The van der Waals surface area contributed by atoms with Crippen LogP contribution in [0, 0.1) is 11.8 Å². The van der Waals surface area contributed by atoms with Crippen LogP contribution in [-0.2, 0) is 19.1 Å². The molecule has 90 valence electrons. The van der Waals surface area contributed by atoms with Gasteiger partial charge in [0.1, 0.15) is 0 Å². The summed E-state index contributed by atoms with van der Waals surface area (Å²) < 4.78 is 9.14. The molecule has 0 spiro atoms. The van der Waals surface area contributed by atoms with Gasteiger partial charge in [-0.1, -0.05) is 12.2 Å². The molecular weight excluding hydrogens is 208 g/mol. The third-order valence-electron chi connectivity index (χ3n) is 2.42. The van der Waals surface area contributed by atoms with E-state index in [0.29, 0.717) is 0 Å². The Hall–Kier alpha value is -1.58. The Morgan fingerprint density at radius 2 is 1.31 bits per heavy atom. The monoisotopic (exact) mass is 226 g/mol. The smallest absolute Gasteiger partial charge is 0.306 e. The van der Waals surface area contributed by atoms with Crippen molar-refractivity contribution in [2.45, 2.75) is 12.8 Å². The van der Waals surface area contributed by atoms with Gasteiger partial charge in [-0.05, 0) is 11.8 Å². The topological polar surface area (TPSA) is 52.6 Å². The molecule has 0 rings (SSSR count). The molecule has 0 aromatic heterocycles. The zero-order valence-corrected chi connectivity index (χ0v) is 9.77. The maximum atomic E-state index is 11.1. The lowest BCUT2D eigenvalue weighted by molar-refractivity contribution is -0.144. The molecule has 2 atom stereocenters. The Kier molecular flexibility index (Phi) is 6.92. The molecule has 0 unspecified atom stereocenters. The van der Waals surface area contributed by atoms with Crippen molar-refractivity contribution in [3.63, 3.8) is 0 Å². The zero-order valence-electron chi connectivity index (χ0n) is 9.77. The predicted octanol–water partition coefficient (Wildman–Crippen LogP) is 1.72. The van der Waals surface area contributed by atoms with Gasteiger partial charge in [0.15, 0.2) is 0 Å². The summed E-state index contributed by atoms with van der Waals surface area (Å²) in [6, 6.07) is 0. The first-order chi connectivity index (χ1) is 7.58. The van der Waals surface area contributed by atoms with Gasteiger partial charge in [0.2, 0.25) is 0 Å². The number of allylic oxidation sites excluding steroid dienone is 2. The van der Waals surface area contributed by atoms with Gasteiger partial charge in [0.05, 0.1) is 27.1 Å². The van der Waals surface area contributed by atoms with Crippen LogP contribution in [0.15, 0.2) is 25.3 Å². The molecule has 0 heterocycles. The summed E-state index contributed by atoms with van der Waals surface area (Å²) >= 11 is 0. The van der Waals surface area contributed by atoms with Gasteiger partial charge >= 0.3 is 11.9 Å². The van der Waals surface area contributed by atoms with Crippen molar-refractivity contribution < 1.29 is 19.1 Å². The van der Waals surface area contributed by atoms with E-state index in [1.165, 1.54) is 14.2 Å². The van der Waals surface area contributed by atoms with E-state index in [-0.39, 0.29) is 36.6 Å². The minimum absolute atomic E-state index is 0.163. The van der Waals surface area contributed by atoms with E-state index < -0.39 is 0 Å². The van der Waals surface area contributed by atoms with Gasteiger partial charge in [-0.2, -0.15) is 0 Å². The van der Waals surface area contributed by atoms with Crippen molar-refractivity contribution in [1.82, 2.24) is 0 Å². The standard InChI is InChI=1S/C12H18O4/c1-5-9(7-11(13)15-3)10(6-2)8-12(14)16-4/h5-6,9-10H,1-2,7-8H2,3-4H3/t9-,10+. The highest BCUT2D eigenvalue weighted by atomic mass is 16.5.